The molecule has 1 N–H and O–H groups in total. The third-order valence-corrected chi connectivity index (χ3v) is 5.36. The molecule has 0 saturated carbocycles. The van der Waals surface area contributed by atoms with Crippen molar-refractivity contribution >= 4 is 29.7 Å². The molecule has 34 heavy (non-hydrogen) atoms. The average molecular weight is 486 g/mol. The Kier molecular flexibility index (Phi) is 8.61. The van der Waals surface area contributed by atoms with Gasteiger partial charge in [0, 0.05) is 33.4 Å². The Morgan fingerprint density at radius 1 is 1.21 bits per heavy atom. The average Bonchev–Trinajstić information content (AvgIpc) is 3.19. The van der Waals surface area contributed by atoms with E-state index in [-0.39, 0.29) is 37.8 Å². The van der Waals surface area contributed by atoms with Crippen LogP contribution in [-0.4, -0.2) is 64.1 Å². The highest BCUT2D eigenvalue weighted by Crippen LogP contribution is 2.30. The van der Waals surface area contributed by atoms with Crippen molar-refractivity contribution in [2.45, 2.75) is 26.3 Å². The summed E-state index contributed by atoms with van der Waals surface area (Å²) in [5.41, 5.74) is 1.96. The van der Waals surface area contributed by atoms with Crippen molar-refractivity contribution in [3.05, 3.63) is 64.6 Å². The summed E-state index contributed by atoms with van der Waals surface area (Å²) in [7, 11) is 3.51. The molecule has 0 spiro atoms. The topological polar surface area (TPSA) is 101 Å². The number of hydrogen-bond donors (Lipinski definition) is 1. The highest BCUT2D eigenvalue weighted by molar-refractivity contribution is 6.30. The monoisotopic (exact) mass is 485 g/mol. The van der Waals surface area contributed by atoms with Crippen LogP contribution in [-0.2, 0) is 17.8 Å². The lowest BCUT2D eigenvalue weighted by Gasteiger charge is -2.19. The zero-order valence-electron chi connectivity index (χ0n) is 19.4. The smallest absolute Gasteiger partial charge is 0.304 e. The molecule has 9 nitrogen and oxygen atoms in total. The van der Waals surface area contributed by atoms with Gasteiger partial charge in [-0.2, -0.15) is 4.98 Å². The lowest BCUT2D eigenvalue weighted by atomic mass is 10.2. The molecule has 0 aliphatic carbocycles. The first kappa shape index (κ1) is 25.2. The number of ether oxygens (including phenoxy) is 1. The Morgan fingerprint density at radius 3 is 2.50 bits per heavy atom. The standard InChI is InChI=1S/C24H28ClN5O4/c1-4-17-6-10-20(11-7-17)34-24-27-22(28(2)3)21(23(33)29(16-32)12-5-13-31)30(24)15-19-9-8-18(25)14-26-19/h6-11,14,16,31H,4-5,12-13,15H2,1-3H3. The Morgan fingerprint density at radius 2 is 1.94 bits per heavy atom. The molecule has 0 unspecified atom stereocenters. The van der Waals surface area contributed by atoms with E-state index in [1.165, 1.54) is 6.20 Å². The van der Waals surface area contributed by atoms with Gasteiger partial charge in [0.1, 0.15) is 5.75 Å². The summed E-state index contributed by atoms with van der Waals surface area (Å²) in [6.45, 7) is 2.16. The second-order valence-corrected chi connectivity index (χ2v) is 8.23. The molecule has 180 valence electrons. The van der Waals surface area contributed by atoms with Crippen molar-refractivity contribution in [1.29, 1.82) is 0 Å². The largest absolute Gasteiger partial charge is 0.425 e. The molecule has 0 aliphatic rings. The number of aromatic nitrogens is 3. The van der Waals surface area contributed by atoms with Crippen LogP contribution in [0.15, 0.2) is 42.6 Å². The van der Waals surface area contributed by atoms with E-state index in [0.717, 1.165) is 16.9 Å². The molecule has 2 heterocycles. The number of aliphatic hydroxyl groups excluding tert-OH is 1. The molecule has 2 amide bonds. The van der Waals surface area contributed by atoms with Crippen LogP contribution in [0.3, 0.4) is 0 Å². The van der Waals surface area contributed by atoms with Crippen LogP contribution >= 0.6 is 11.6 Å². The molecule has 0 bridgehead atoms. The van der Waals surface area contributed by atoms with Gasteiger partial charge >= 0.3 is 6.01 Å². The van der Waals surface area contributed by atoms with Crippen LogP contribution in [0, 0.1) is 0 Å². The van der Waals surface area contributed by atoms with Gasteiger partial charge in [-0.05, 0) is 42.7 Å². The molecule has 0 aliphatic heterocycles. The summed E-state index contributed by atoms with van der Waals surface area (Å²) >= 11 is 5.98. The molecule has 3 aromatic rings. The van der Waals surface area contributed by atoms with E-state index in [0.29, 0.717) is 28.7 Å². The van der Waals surface area contributed by atoms with Gasteiger partial charge in [0.15, 0.2) is 11.5 Å². The van der Waals surface area contributed by atoms with Gasteiger partial charge in [-0.25, -0.2) is 0 Å². The molecule has 0 saturated heterocycles. The summed E-state index contributed by atoms with van der Waals surface area (Å²) in [5.74, 6) is 0.351. The quantitative estimate of drug-likeness (QED) is 0.415. The zero-order chi connectivity index (χ0) is 24.7. The first-order valence-corrected chi connectivity index (χ1v) is 11.3. The minimum absolute atomic E-state index is 0.0742. The second kappa shape index (κ2) is 11.6. The number of rotatable bonds is 11. The number of aliphatic hydroxyl groups is 1. The van der Waals surface area contributed by atoms with Gasteiger partial charge in [-0.3, -0.25) is 24.0 Å². The first-order chi connectivity index (χ1) is 16.4. The summed E-state index contributed by atoms with van der Waals surface area (Å²) < 4.78 is 7.69. The third-order valence-electron chi connectivity index (χ3n) is 5.14. The molecule has 10 heteroatoms. The molecule has 0 radical (unpaired) electrons. The molecular formula is C24H28ClN5O4. The molecular weight excluding hydrogens is 458 g/mol. The van der Waals surface area contributed by atoms with E-state index in [1.807, 2.05) is 24.3 Å². The number of amides is 2. The highest BCUT2D eigenvalue weighted by Gasteiger charge is 2.29. The van der Waals surface area contributed by atoms with Crippen LogP contribution in [0.25, 0.3) is 0 Å². The Balaban J connectivity index is 2.10. The molecule has 3 rings (SSSR count). The number of carbonyl (C=O) groups excluding carboxylic acids is 2. The number of anilines is 1. The van der Waals surface area contributed by atoms with E-state index in [9.17, 15) is 9.59 Å². The number of nitrogens with zero attached hydrogens (tertiary/aromatic N) is 5. The summed E-state index contributed by atoms with van der Waals surface area (Å²) in [6, 6.07) is 11.2. The maximum atomic E-state index is 13.4. The van der Waals surface area contributed by atoms with Crippen molar-refractivity contribution in [3.8, 4) is 11.8 Å². The summed E-state index contributed by atoms with van der Waals surface area (Å²) in [6.07, 6.45) is 3.14. The van der Waals surface area contributed by atoms with E-state index >= 15 is 0 Å². The normalized spacial score (nSPS) is 10.7. The zero-order valence-corrected chi connectivity index (χ0v) is 20.2. The molecule has 1 aromatic carbocycles. The van der Waals surface area contributed by atoms with Crippen LogP contribution in [0.4, 0.5) is 5.82 Å². The number of hydrogen-bond acceptors (Lipinski definition) is 7. The number of imide groups is 1. The van der Waals surface area contributed by atoms with Crippen molar-refractivity contribution < 1.29 is 19.4 Å². The van der Waals surface area contributed by atoms with Crippen LogP contribution in [0.1, 0.15) is 35.1 Å². The fourth-order valence-corrected chi connectivity index (χ4v) is 3.42. The Labute approximate surface area is 203 Å². The van der Waals surface area contributed by atoms with Gasteiger partial charge in [-0.1, -0.05) is 30.7 Å². The number of carbonyl (C=O) groups is 2. The van der Waals surface area contributed by atoms with Crippen LogP contribution < -0.4 is 9.64 Å². The molecule has 2 aromatic heterocycles. The van der Waals surface area contributed by atoms with Gasteiger partial charge in [0.05, 0.1) is 17.3 Å². The predicted octanol–water partition coefficient (Wildman–Crippen LogP) is 3.38. The van der Waals surface area contributed by atoms with Crippen molar-refractivity contribution in [2.75, 3.05) is 32.1 Å². The lowest BCUT2D eigenvalue weighted by Crippen LogP contribution is -2.34. The van der Waals surface area contributed by atoms with Crippen LogP contribution in [0.5, 0.6) is 11.8 Å². The highest BCUT2D eigenvalue weighted by atomic mass is 35.5. The Hall–Kier alpha value is -3.43. The van der Waals surface area contributed by atoms with E-state index in [2.05, 4.69) is 16.9 Å². The van der Waals surface area contributed by atoms with Crippen molar-refractivity contribution in [3.63, 3.8) is 0 Å². The van der Waals surface area contributed by atoms with Gasteiger partial charge in [0.25, 0.3) is 5.91 Å². The molecule has 0 fully saturated rings. The van der Waals surface area contributed by atoms with E-state index in [4.69, 9.17) is 21.4 Å². The minimum atomic E-state index is -0.551. The number of aryl methyl sites for hydroxylation is 1. The lowest BCUT2D eigenvalue weighted by molar-refractivity contribution is -0.116. The number of imidazole rings is 1. The SMILES string of the molecule is CCc1ccc(Oc2nc(N(C)C)c(C(=O)N(C=O)CCCO)n2Cc2ccc(Cl)cn2)cc1. The van der Waals surface area contributed by atoms with Gasteiger partial charge < -0.3 is 14.7 Å². The minimum Gasteiger partial charge on any atom is -0.425 e. The maximum Gasteiger partial charge on any atom is 0.304 e. The fraction of sp³-hybridized carbons (Fsp3) is 0.333. The van der Waals surface area contributed by atoms with Gasteiger partial charge in [-0.15, -0.1) is 0 Å². The number of halogens is 1. The fourth-order valence-electron chi connectivity index (χ4n) is 3.31. The Bertz CT molecular complexity index is 1110. The van der Waals surface area contributed by atoms with Gasteiger partial charge in [0.2, 0.25) is 6.41 Å². The number of benzene rings is 1. The molecule has 0 atom stereocenters. The van der Waals surface area contributed by atoms with Crippen LogP contribution in [0.2, 0.25) is 5.02 Å². The van der Waals surface area contributed by atoms with E-state index in [1.54, 1.807) is 35.7 Å². The maximum absolute atomic E-state index is 13.4. The third kappa shape index (κ3) is 5.92. The van der Waals surface area contributed by atoms with E-state index < -0.39 is 5.91 Å². The van der Waals surface area contributed by atoms with Crippen molar-refractivity contribution in [2.24, 2.45) is 0 Å². The summed E-state index contributed by atoms with van der Waals surface area (Å²) in [4.78, 5) is 36.8. The first-order valence-electron chi connectivity index (χ1n) is 10.9. The van der Waals surface area contributed by atoms with Crippen molar-refractivity contribution in [1.82, 2.24) is 19.4 Å². The summed E-state index contributed by atoms with van der Waals surface area (Å²) in [5, 5.41) is 9.65. The second-order valence-electron chi connectivity index (χ2n) is 7.80. The predicted molar refractivity (Wildman–Crippen MR) is 130 cm³/mol. The number of pyridine rings is 1.